The molecule has 1 unspecified atom stereocenters. The van der Waals surface area contributed by atoms with Gasteiger partial charge in [-0.05, 0) is 33.6 Å². The molecule has 1 aliphatic heterocycles. The average molecular weight is 231 g/mol. The molecule has 1 fully saturated rings. The monoisotopic (exact) mass is 231 g/mol. The summed E-state index contributed by atoms with van der Waals surface area (Å²) in [6, 6.07) is 0. The van der Waals surface area contributed by atoms with Gasteiger partial charge in [-0.1, -0.05) is 0 Å². The van der Waals surface area contributed by atoms with Crippen LogP contribution in [0.3, 0.4) is 0 Å². The van der Waals surface area contributed by atoms with Crippen molar-refractivity contribution in [2.24, 2.45) is 5.92 Å². The Labute approximate surface area is 96.0 Å². The number of amides is 1. The zero-order valence-electron chi connectivity index (χ0n) is 10.1. The second-order valence-corrected chi connectivity index (χ2v) is 5.24. The molecule has 0 bridgehead atoms. The van der Waals surface area contributed by atoms with Crippen molar-refractivity contribution in [2.45, 2.75) is 45.5 Å². The van der Waals surface area contributed by atoms with Gasteiger partial charge >= 0.3 is 6.09 Å². The summed E-state index contributed by atoms with van der Waals surface area (Å²) in [5.41, 5.74) is -0.512. The first-order chi connectivity index (χ1) is 7.29. The molecule has 16 heavy (non-hydrogen) atoms. The quantitative estimate of drug-likeness (QED) is 0.659. The van der Waals surface area contributed by atoms with Crippen LogP contribution in [0, 0.1) is 5.92 Å². The van der Waals surface area contributed by atoms with Crippen molar-refractivity contribution in [3.05, 3.63) is 0 Å². The maximum absolute atomic E-state index is 11.7. The lowest BCUT2D eigenvalue weighted by molar-refractivity contribution is -0.100. The van der Waals surface area contributed by atoms with Crippen LogP contribution >= 0.6 is 0 Å². The Morgan fingerprint density at radius 3 is 2.56 bits per heavy atom. The second-order valence-electron chi connectivity index (χ2n) is 5.24. The van der Waals surface area contributed by atoms with E-state index in [1.54, 1.807) is 4.90 Å². The van der Waals surface area contributed by atoms with Gasteiger partial charge in [0.1, 0.15) is 5.60 Å². The van der Waals surface area contributed by atoms with Crippen molar-refractivity contribution in [3.8, 4) is 0 Å². The number of hydrogen-bond donors (Lipinski definition) is 2. The van der Waals surface area contributed by atoms with Gasteiger partial charge in [-0.25, -0.2) is 4.79 Å². The number of hydrogen-bond acceptors (Lipinski definition) is 4. The summed E-state index contributed by atoms with van der Waals surface area (Å²) in [5.74, 6) is -0.263. The van der Waals surface area contributed by atoms with Gasteiger partial charge in [0, 0.05) is 19.0 Å². The van der Waals surface area contributed by atoms with Crippen LogP contribution in [-0.4, -0.2) is 46.2 Å². The molecule has 0 saturated carbocycles. The molecule has 0 aromatic rings. The minimum absolute atomic E-state index is 0.263. The number of likely N-dealkylation sites (tertiary alicyclic amines) is 1. The molecule has 1 saturated heterocycles. The summed E-state index contributed by atoms with van der Waals surface area (Å²) >= 11 is 0. The molecule has 1 heterocycles. The fraction of sp³-hybridized carbons (Fsp3) is 0.909. The van der Waals surface area contributed by atoms with Gasteiger partial charge in [0.05, 0.1) is 0 Å². The van der Waals surface area contributed by atoms with Crippen LogP contribution in [0.15, 0.2) is 0 Å². The summed E-state index contributed by atoms with van der Waals surface area (Å²) in [6.45, 7) is 6.42. The predicted molar refractivity (Wildman–Crippen MR) is 58.8 cm³/mol. The highest BCUT2D eigenvalue weighted by molar-refractivity contribution is 5.68. The third kappa shape index (κ3) is 3.98. The van der Waals surface area contributed by atoms with Crippen molar-refractivity contribution < 1.29 is 19.7 Å². The molecule has 1 atom stereocenters. The van der Waals surface area contributed by atoms with Crippen LogP contribution in [-0.2, 0) is 4.74 Å². The van der Waals surface area contributed by atoms with E-state index in [1.807, 2.05) is 20.8 Å². The Balaban J connectivity index is 2.50. The van der Waals surface area contributed by atoms with E-state index < -0.39 is 11.9 Å². The second kappa shape index (κ2) is 5.01. The predicted octanol–water partition coefficient (Wildman–Crippen LogP) is 0.944. The summed E-state index contributed by atoms with van der Waals surface area (Å²) in [6.07, 6.45) is -0.221. The van der Waals surface area contributed by atoms with Gasteiger partial charge in [-0.2, -0.15) is 0 Å². The number of carbonyl (C=O) groups is 1. The number of aliphatic hydroxyl groups is 2. The van der Waals surface area contributed by atoms with E-state index in [4.69, 9.17) is 14.9 Å². The summed E-state index contributed by atoms with van der Waals surface area (Å²) in [7, 11) is 0. The number of carbonyl (C=O) groups excluding carboxylic acids is 1. The molecule has 94 valence electrons. The molecular formula is C11H21NO4. The maximum atomic E-state index is 11.7. The van der Waals surface area contributed by atoms with Crippen LogP contribution < -0.4 is 0 Å². The zero-order valence-corrected chi connectivity index (χ0v) is 10.1. The van der Waals surface area contributed by atoms with E-state index in [9.17, 15) is 4.79 Å². The fourth-order valence-electron chi connectivity index (χ4n) is 1.75. The Morgan fingerprint density at radius 2 is 2.06 bits per heavy atom. The van der Waals surface area contributed by atoms with Crippen molar-refractivity contribution >= 4 is 6.09 Å². The van der Waals surface area contributed by atoms with Gasteiger partial charge in [0.15, 0.2) is 6.29 Å². The van der Waals surface area contributed by atoms with E-state index in [-0.39, 0.29) is 12.0 Å². The molecule has 1 amide bonds. The van der Waals surface area contributed by atoms with E-state index in [0.717, 1.165) is 12.8 Å². The topological polar surface area (TPSA) is 70.0 Å². The molecule has 0 aromatic carbocycles. The van der Waals surface area contributed by atoms with E-state index in [1.165, 1.54) is 0 Å². The molecule has 5 nitrogen and oxygen atoms in total. The summed E-state index contributed by atoms with van der Waals surface area (Å²) in [5, 5.41) is 18.2. The zero-order chi connectivity index (χ0) is 12.3. The Kier molecular flexibility index (Phi) is 4.15. The number of aliphatic hydroxyl groups excluding tert-OH is 1. The van der Waals surface area contributed by atoms with Gasteiger partial charge in [-0.15, -0.1) is 0 Å². The first-order valence-electron chi connectivity index (χ1n) is 5.63. The standard InChI is InChI=1S/C11H21NO4/c1-11(2,3)16-10(15)12-6-4-5-8(7-12)9(13)14/h8-9,13-14H,4-7H2,1-3H3. The molecule has 2 N–H and O–H groups in total. The van der Waals surface area contributed by atoms with Crippen LogP contribution in [0.1, 0.15) is 33.6 Å². The van der Waals surface area contributed by atoms with E-state index in [2.05, 4.69) is 0 Å². The maximum Gasteiger partial charge on any atom is 0.410 e. The number of ether oxygens (including phenoxy) is 1. The summed E-state index contributed by atoms with van der Waals surface area (Å²) in [4.78, 5) is 13.3. The molecular weight excluding hydrogens is 210 g/mol. The highest BCUT2D eigenvalue weighted by Crippen LogP contribution is 2.20. The lowest BCUT2D eigenvalue weighted by atomic mass is 9.98. The van der Waals surface area contributed by atoms with Crippen molar-refractivity contribution in [1.29, 1.82) is 0 Å². The smallest absolute Gasteiger partial charge is 0.410 e. The number of piperidine rings is 1. The van der Waals surface area contributed by atoms with Gasteiger partial charge in [-0.3, -0.25) is 0 Å². The molecule has 0 aliphatic carbocycles. The molecule has 0 radical (unpaired) electrons. The molecule has 1 rings (SSSR count). The number of nitrogens with zero attached hydrogens (tertiary/aromatic N) is 1. The third-order valence-electron chi connectivity index (χ3n) is 2.53. The van der Waals surface area contributed by atoms with Crippen LogP contribution in [0.25, 0.3) is 0 Å². The first kappa shape index (κ1) is 13.3. The Hall–Kier alpha value is -0.810. The van der Waals surface area contributed by atoms with Gasteiger partial charge < -0.3 is 19.8 Å². The van der Waals surface area contributed by atoms with Crippen molar-refractivity contribution in [1.82, 2.24) is 4.90 Å². The Bertz CT molecular complexity index is 247. The van der Waals surface area contributed by atoms with Crippen LogP contribution in [0.4, 0.5) is 4.79 Å². The van der Waals surface area contributed by atoms with Crippen LogP contribution in [0.2, 0.25) is 0 Å². The SMILES string of the molecule is CC(C)(C)OC(=O)N1CCCC(C(O)O)C1. The molecule has 0 aromatic heterocycles. The van der Waals surface area contributed by atoms with E-state index in [0.29, 0.717) is 13.1 Å². The fourth-order valence-corrected chi connectivity index (χ4v) is 1.75. The highest BCUT2D eigenvalue weighted by atomic mass is 16.6. The molecule has 0 spiro atoms. The third-order valence-corrected chi connectivity index (χ3v) is 2.53. The van der Waals surface area contributed by atoms with Crippen molar-refractivity contribution in [2.75, 3.05) is 13.1 Å². The Morgan fingerprint density at radius 1 is 1.44 bits per heavy atom. The normalized spacial score (nSPS) is 22.4. The highest BCUT2D eigenvalue weighted by Gasteiger charge is 2.30. The van der Waals surface area contributed by atoms with Gasteiger partial charge in [0.25, 0.3) is 0 Å². The minimum atomic E-state index is -1.36. The lowest BCUT2D eigenvalue weighted by Crippen LogP contribution is -2.45. The number of rotatable bonds is 1. The van der Waals surface area contributed by atoms with Crippen molar-refractivity contribution in [3.63, 3.8) is 0 Å². The van der Waals surface area contributed by atoms with Crippen LogP contribution in [0.5, 0.6) is 0 Å². The first-order valence-corrected chi connectivity index (χ1v) is 5.63. The molecule has 1 aliphatic rings. The van der Waals surface area contributed by atoms with Gasteiger partial charge in [0.2, 0.25) is 0 Å². The van der Waals surface area contributed by atoms with E-state index >= 15 is 0 Å². The lowest BCUT2D eigenvalue weighted by Gasteiger charge is -2.34. The largest absolute Gasteiger partial charge is 0.444 e. The minimum Gasteiger partial charge on any atom is -0.444 e. The average Bonchev–Trinajstić information content (AvgIpc) is 2.15. The summed E-state index contributed by atoms with van der Waals surface area (Å²) < 4.78 is 5.23. The molecule has 5 heteroatoms.